The Balaban J connectivity index is 2.00. The Morgan fingerprint density at radius 2 is 2.00 bits per heavy atom. The first-order valence-corrected chi connectivity index (χ1v) is 6.87. The Kier molecular flexibility index (Phi) is 4.70. The van der Waals surface area contributed by atoms with Gasteiger partial charge in [-0.2, -0.15) is 0 Å². The predicted octanol–water partition coefficient (Wildman–Crippen LogP) is 2.38. The molecule has 0 N–H and O–H groups in total. The minimum Gasteiger partial charge on any atom is -0.341 e. The minimum absolute atomic E-state index is 0.194. The highest BCUT2D eigenvalue weighted by atomic mass is 19.2. The standard InChI is InChI=1S/C15H20F2N2O/c1-18-8-6-11(7-9-18)10-19(2)15(20)12-4-3-5-13(16)14(12)17/h3-5,11H,6-10H2,1-2H3. The predicted molar refractivity (Wildman–Crippen MR) is 73.5 cm³/mol. The van der Waals surface area contributed by atoms with Crippen LogP contribution in [0.3, 0.4) is 0 Å². The minimum atomic E-state index is -1.06. The van der Waals surface area contributed by atoms with Crippen LogP contribution in [-0.4, -0.2) is 49.4 Å². The first kappa shape index (κ1) is 14.9. The molecule has 1 heterocycles. The number of benzene rings is 1. The number of hydrogen-bond acceptors (Lipinski definition) is 2. The fourth-order valence-electron chi connectivity index (χ4n) is 2.59. The van der Waals surface area contributed by atoms with Gasteiger partial charge in [-0.1, -0.05) is 6.07 Å². The zero-order valence-electron chi connectivity index (χ0n) is 11.9. The summed E-state index contributed by atoms with van der Waals surface area (Å²) >= 11 is 0. The second kappa shape index (κ2) is 6.31. The van der Waals surface area contributed by atoms with Crippen molar-refractivity contribution in [1.29, 1.82) is 0 Å². The molecule has 0 aromatic heterocycles. The molecular formula is C15H20F2N2O. The number of rotatable bonds is 3. The maximum Gasteiger partial charge on any atom is 0.256 e. The third kappa shape index (κ3) is 3.33. The SMILES string of the molecule is CN1CCC(CN(C)C(=O)c2cccc(F)c2F)CC1. The van der Waals surface area contributed by atoms with Crippen molar-refractivity contribution in [2.75, 3.05) is 33.7 Å². The van der Waals surface area contributed by atoms with E-state index in [1.807, 2.05) is 0 Å². The van der Waals surface area contributed by atoms with Gasteiger partial charge in [-0.15, -0.1) is 0 Å². The monoisotopic (exact) mass is 282 g/mol. The van der Waals surface area contributed by atoms with Gasteiger partial charge in [0.1, 0.15) is 0 Å². The Hall–Kier alpha value is -1.49. The third-order valence-corrected chi connectivity index (χ3v) is 3.90. The van der Waals surface area contributed by atoms with Crippen LogP contribution in [0.15, 0.2) is 18.2 Å². The van der Waals surface area contributed by atoms with E-state index in [-0.39, 0.29) is 5.56 Å². The summed E-state index contributed by atoms with van der Waals surface area (Å²) in [6.45, 7) is 2.62. The van der Waals surface area contributed by atoms with Crippen molar-refractivity contribution in [3.8, 4) is 0 Å². The van der Waals surface area contributed by atoms with Gasteiger partial charge in [-0.05, 0) is 51.0 Å². The van der Waals surface area contributed by atoms with Crippen LogP contribution in [-0.2, 0) is 0 Å². The lowest BCUT2D eigenvalue weighted by Crippen LogP contribution is -2.38. The van der Waals surface area contributed by atoms with Crippen molar-refractivity contribution in [2.24, 2.45) is 5.92 Å². The van der Waals surface area contributed by atoms with E-state index in [0.717, 1.165) is 32.0 Å². The first-order valence-electron chi connectivity index (χ1n) is 6.87. The maximum atomic E-state index is 13.6. The average Bonchev–Trinajstić information content (AvgIpc) is 2.43. The molecule has 110 valence electrons. The summed E-state index contributed by atoms with van der Waals surface area (Å²) in [7, 11) is 3.72. The summed E-state index contributed by atoms with van der Waals surface area (Å²) in [4.78, 5) is 15.9. The molecule has 5 heteroatoms. The summed E-state index contributed by atoms with van der Waals surface area (Å²) < 4.78 is 26.8. The molecule has 1 saturated heterocycles. The van der Waals surface area contributed by atoms with E-state index in [2.05, 4.69) is 11.9 Å². The zero-order valence-corrected chi connectivity index (χ0v) is 11.9. The van der Waals surface area contributed by atoms with E-state index < -0.39 is 17.5 Å². The average molecular weight is 282 g/mol. The van der Waals surface area contributed by atoms with Gasteiger partial charge in [0, 0.05) is 13.6 Å². The number of carbonyl (C=O) groups excluding carboxylic acids is 1. The summed E-state index contributed by atoms with van der Waals surface area (Å²) in [5.74, 6) is -2.08. The number of likely N-dealkylation sites (tertiary alicyclic amines) is 1. The Bertz CT molecular complexity index is 485. The lowest BCUT2D eigenvalue weighted by atomic mass is 9.96. The molecule has 1 aromatic carbocycles. The summed E-state index contributed by atoms with van der Waals surface area (Å²) in [6, 6.07) is 3.70. The molecule has 0 radical (unpaired) electrons. The smallest absolute Gasteiger partial charge is 0.256 e. The summed E-state index contributed by atoms with van der Waals surface area (Å²) in [5, 5.41) is 0. The fourth-order valence-corrected chi connectivity index (χ4v) is 2.59. The molecule has 0 bridgehead atoms. The molecule has 0 atom stereocenters. The topological polar surface area (TPSA) is 23.6 Å². The fraction of sp³-hybridized carbons (Fsp3) is 0.533. The highest BCUT2D eigenvalue weighted by molar-refractivity contribution is 5.94. The molecule has 20 heavy (non-hydrogen) atoms. The second-order valence-electron chi connectivity index (χ2n) is 5.53. The lowest BCUT2D eigenvalue weighted by molar-refractivity contribution is 0.0741. The van der Waals surface area contributed by atoms with E-state index in [0.29, 0.717) is 12.5 Å². The molecule has 1 fully saturated rings. The van der Waals surface area contributed by atoms with E-state index in [1.54, 1.807) is 7.05 Å². The van der Waals surface area contributed by atoms with Crippen LogP contribution < -0.4 is 0 Å². The molecule has 1 aromatic rings. The molecule has 1 aliphatic heterocycles. The van der Waals surface area contributed by atoms with Gasteiger partial charge in [0.2, 0.25) is 0 Å². The van der Waals surface area contributed by atoms with Crippen LogP contribution in [0.1, 0.15) is 23.2 Å². The van der Waals surface area contributed by atoms with Gasteiger partial charge in [0.15, 0.2) is 11.6 Å². The molecule has 3 nitrogen and oxygen atoms in total. The van der Waals surface area contributed by atoms with Gasteiger partial charge in [-0.25, -0.2) is 8.78 Å². The van der Waals surface area contributed by atoms with E-state index in [1.165, 1.54) is 17.0 Å². The van der Waals surface area contributed by atoms with Gasteiger partial charge >= 0.3 is 0 Å². The van der Waals surface area contributed by atoms with Gasteiger partial charge < -0.3 is 9.80 Å². The molecule has 1 aliphatic rings. The molecular weight excluding hydrogens is 262 g/mol. The molecule has 2 rings (SSSR count). The number of carbonyl (C=O) groups is 1. The van der Waals surface area contributed by atoms with Gasteiger partial charge in [-0.3, -0.25) is 4.79 Å². The maximum absolute atomic E-state index is 13.6. The Labute approximate surface area is 118 Å². The van der Waals surface area contributed by atoms with Crippen LogP contribution >= 0.6 is 0 Å². The second-order valence-corrected chi connectivity index (χ2v) is 5.53. The summed E-state index contributed by atoms with van der Waals surface area (Å²) in [6.07, 6.45) is 2.06. The van der Waals surface area contributed by atoms with Crippen molar-refractivity contribution >= 4 is 5.91 Å². The summed E-state index contributed by atoms with van der Waals surface area (Å²) in [5.41, 5.74) is -0.194. The zero-order chi connectivity index (χ0) is 14.7. The number of nitrogens with zero attached hydrogens (tertiary/aromatic N) is 2. The van der Waals surface area contributed by atoms with Crippen LogP contribution in [0.4, 0.5) is 8.78 Å². The number of hydrogen-bond donors (Lipinski definition) is 0. The lowest BCUT2D eigenvalue weighted by Gasteiger charge is -2.31. The largest absolute Gasteiger partial charge is 0.341 e. The number of amides is 1. The van der Waals surface area contributed by atoms with Crippen molar-refractivity contribution < 1.29 is 13.6 Å². The van der Waals surface area contributed by atoms with Gasteiger partial charge in [0.25, 0.3) is 5.91 Å². The van der Waals surface area contributed by atoms with Crippen LogP contribution in [0.25, 0.3) is 0 Å². The Morgan fingerprint density at radius 3 is 2.65 bits per heavy atom. The van der Waals surface area contributed by atoms with Crippen molar-refractivity contribution in [2.45, 2.75) is 12.8 Å². The quantitative estimate of drug-likeness (QED) is 0.850. The number of halogens is 2. The third-order valence-electron chi connectivity index (χ3n) is 3.90. The number of piperidine rings is 1. The van der Waals surface area contributed by atoms with Gasteiger partial charge in [0.05, 0.1) is 5.56 Å². The first-order chi connectivity index (χ1) is 9.49. The van der Waals surface area contributed by atoms with Crippen molar-refractivity contribution in [1.82, 2.24) is 9.80 Å². The molecule has 0 saturated carbocycles. The van der Waals surface area contributed by atoms with Crippen molar-refractivity contribution in [3.05, 3.63) is 35.4 Å². The molecule has 0 aliphatic carbocycles. The molecule has 0 spiro atoms. The highest BCUT2D eigenvalue weighted by Gasteiger charge is 2.23. The van der Waals surface area contributed by atoms with Crippen molar-refractivity contribution in [3.63, 3.8) is 0 Å². The van der Waals surface area contributed by atoms with E-state index in [9.17, 15) is 13.6 Å². The highest BCUT2D eigenvalue weighted by Crippen LogP contribution is 2.19. The normalized spacial score (nSPS) is 17.2. The molecule has 1 amide bonds. The Morgan fingerprint density at radius 1 is 1.35 bits per heavy atom. The van der Waals surface area contributed by atoms with Crippen LogP contribution in [0.5, 0.6) is 0 Å². The van der Waals surface area contributed by atoms with Crippen LogP contribution in [0.2, 0.25) is 0 Å². The molecule has 0 unspecified atom stereocenters. The van der Waals surface area contributed by atoms with Crippen LogP contribution in [0, 0.1) is 17.6 Å². The van der Waals surface area contributed by atoms with E-state index in [4.69, 9.17) is 0 Å². The van der Waals surface area contributed by atoms with E-state index >= 15 is 0 Å².